The Morgan fingerprint density at radius 3 is 2.71 bits per heavy atom. The van der Waals surface area contributed by atoms with Gasteiger partial charge in [0.2, 0.25) is 0 Å². The molecule has 2 N–H and O–H groups in total. The van der Waals surface area contributed by atoms with Gasteiger partial charge in [0.25, 0.3) is 0 Å². The van der Waals surface area contributed by atoms with Crippen LogP contribution in [0.15, 0.2) is 18.2 Å². The summed E-state index contributed by atoms with van der Waals surface area (Å²) in [6, 6.07) is 5.61. The van der Waals surface area contributed by atoms with Crippen LogP contribution >= 0.6 is 0 Å². The molecule has 0 bridgehead atoms. The van der Waals surface area contributed by atoms with Crippen LogP contribution in [0.4, 0.5) is 0 Å². The molecule has 1 aromatic carbocycles. The highest BCUT2D eigenvalue weighted by Gasteiger charge is 2.08. The molecule has 1 unspecified atom stereocenters. The monoisotopic (exact) mass is 196 g/mol. The fourth-order valence-corrected chi connectivity index (χ4v) is 1.28. The highest BCUT2D eigenvalue weighted by atomic mass is 16.5. The molecule has 0 heterocycles. The average molecular weight is 196 g/mol. The molecule has 0 aliphatic heterocycles. The summed E-state index contributed by atoms with van der Waals surface area (Å²) in [6.45, 7) is 3.89. The first-order chi connectivity index (χ1) is 6.65. The number of benzene rings is 1. The minimum Gasteiger partial charge on any atom is -0.491 e. The van der Waals surface area contributed by atoms with Gasteiger partial charge in [0, 0.05) is 5.56 Å². The molecule has 0 aromatic heterocycles. The number of hydrogen-bond acceptors (Lipinski definition) is 3. The lowest BCUT2D eigenvalue weighted by atomic mass is 10.1. The third kappa shape index (κ3) is 2.72. The van der Waals surface area contributed by atoms with Crippen molar-refractivity contribution >= 4 is 0 Å². The molecule has 3 nitrogen and oxygen atoms in total. The van der Waals surface area contributed by atoms with Crippen molar-refractivity contribution in [1.82, 2.24) is 0 Å². The van der Waals surface area contributed by atoms with Crippen LogP contribution in [0.2, 0.25) is 0 Å². The van der Waals surface area contributed by atoms with Crippen molar-refractivity contribution in [1.29, 1.82) is 0 Å². The zero-order chi connectivity index (χ0) is 10.6. The first kappa shape index (κ1) is 11.0. The summed E-state index contributed by atoms with van der Waals surface area (Å²) in [5.74, 6) is 0.639. The Morgan fingerprint density at radius 2 is 2.14 bits per heavy atom. The van der Waals surface area contributed by atoms with Gasteiger partial charge in [-0.15, -0.1) is 0 Å². The number of hydrogen-bond donors (Lipinski definition) is 2. The number of rotatable bonds is 4. The summed E-state index contributed by atoms with van der Waals surface area (Å²) in [5.41, 5.74) is 1.84. The molecule has 3 heteroatoms. The first-order valence-corrected chi connectivity index (χ1v) is 4.67. The zero-order valence-electron chi connectivity index (χ0n) is 8.53. The number of aryl methyl sites for hydroxylation is 1. The summed E-state index contributed by atoms with van der Waals surface area (Å²) in [7, 11) is 0. The fourth-order valence-electron chi connectivity index (χ4n) is 1.28. The van der Waals surface area contributed by atoms with E-state index in [1.54, 1.807) is 6.92 Å². The van der Waals surface area contributed by atoms with Crippen molar-refractivity contribution in [2.75, 3.05) is 13.2 Å². The quantitative estimate of drug-likeness (QED) is 0.765. The molecule has 0 saturated carbocycles. The minimum atomic E-state index is -0.552. The van der Waals surface area contributed by atoms with Crippen LogP contribution in [0.5, 0.6) is 5.75 Å². The van der Waals surface area contributed by atoms with Crippen LogP contribution < -0.4 is 4.74 Å². The normalized spacial score (nSPS) is 12.6. The maximum atomic E-state index is 9.49. The molecule has 0 spiro atoms. The van der Waals surface area contributed by atoms with E-state index in [9.17, 15) is 5.11 Å². The van der Waals surface area contributed by atoms with Crippen LogP contribution in [-0.2, 0) is 0 Å². The van der Waals surface area contributed by atoms with Crippen molar-refractivity contribution < 1.29 is 14.9 Å². The van der Waals surface area contributed by atoms with E-state index >= 15 is 0 Å². The van der Waals surface area contributed by atoms with Gasteiger partial charge in [0.05, 0.1) is 12.7 Å². The molecule has 0 aliphatic rings. The van der Waals surface area contributed by atoms with Crippen molar-refractivity contribution in [2.45, 2.75) is 20.0 Å². The smallest absolute Gasteiger partial charge is 0.125 e. The summed E-state index contributed by atoms with van der Waals surface area (Å²) in [6.07, 6.45) is -0.552. The molecule has 0 radical (unpaired) electrons. The van der Waals surface area contributed by atoms with Crippen LogP contribution in [0.3, 0.4) is 0 Å². The zero-order valence-corrected chi connectivity index (χ0v) is 8.53. The fraction of sp³-hybridized carbons (Fsp3) is 0.455. The van der Waals surface area contributed by atoms with Crippen LogP contribution in [0.1, 0.15) is 24.2 Å². The third-order valence-corrected chi connectivity index (χ3v) is 1.96. The minimum absolute atomic E-state index is 0.0207. The molecule has 0 aliphatic carbocycles. The highest BCUT2D eigenvalue weighted by molar-refractivity contribution is 5.38. The second kappa shape index (κ2) is 4.98. The van der Waals surface area contributed by atoms with E-state index in [-0.39, 0.29) is 13.2 Å². The van der Waals surface area contributed by atoms with Gasteiger partial charge >= 0.3 is 0 Å². The first-order valence-electron chi connectivity index (χ1n) is 4.67. The molecule has 0 fully saturated rings. The van der Waals surface area contributed by atoms with E-state index in [1.165, 1.54) is 0 Å². The molecule has 0 saturated heterocycles. The molecule has 1 rings (SSSR count). The lowest BCUT2D eigenvalue weighted by Crippen LogP contribution is -2.05. The maximum Gasteiger partial charge on any atom is 0.125 e. The largest absolute Gasteiger partial charge is 0.491 e. The predicted molar refractivity (Wildman–Crippen MR) is 54.4 cm³/mol. The Bertz CT molecular complexity index is 295. The molecular formula is C11H16O3. The van der Waals surface area contributed by atoms with E-state index in [4.69, 9.17) is 9.84 Å². The standard InChI is InChI=1S/C11H16O3/c1-8-3-4-11(14-6-5-12)10(7-8)9(2)13/h3-4,7,9,12-13H,5-6H2,1-2H3. The Labute approximate surface area is 84.0 Å². The van der Waals surface area contributed by atoms with Crippen molar-refractivity contribution in [3.63, 3.8) is 0 Å². The Kier molecular flexibility index (Phi) is 3.92. The molecule has 1 aromatic rings. The van der Waals surface area contributed by atoms with E-state index in [0.717, 1.165) is 11.1 Å². The lowest BCUT2D eigenvalue weighted by molar-refractivity contribution is 0.177. The van der Waals surface area contributed by atoms with Crippen molar-refractivity contribution in [3.05, 3.63) is 29.3 Å². The van der Waals surface area contributed by atoms with Gasteiger partial charge in [0.1, 0.15) is 12.4 Å². The van der Waals surface area contributed by atoms with Gasteiger partial charge in [-0.05, 0) is 26.0 Å². The third-order valence-electron chi connectivity index (χ3n) is 1.96. The summed E-state index contributed by atoms with van der Waals surface area (Å²) >= 11 is 0. The topological polar surface area (TPSA) is 49.7 Å². The van der Waals surface area contributed by atoms with E-state index in [2.05, 4.69) is 0 Å². The van der Waals surface area contributed by atoms with E-state index in [1.807, 2.05) is 25.1 Å². The Balaban J connectivity index is 2.90. The van der Waals surface area contributed by atoms with Gasteiger partial charge in [-0.3, -0.25) is 0 Å². The second-order valence-electron chi connectivity index (χ2n) is 3.29. The Hall–Kier alpha value is -1.06. The maximum absolute atomic E-state index is 9.49. The molecule has 78 valence electrons. The van der Waals surface area contributed by atoms with Crippen LogP contribution in [0, 0.1) is 6.92 Å². The van der Waals surface area contributed by atoms with E-state index in [0.29, 0.717) is 5.75 Å². The van der Waals surface area contributed by atoms with Crippen LogP contribution in [-0.4, -0.2) is 23.4 Å². The van der Waals surface area contributed by atoms with Crippen LogP contribution in [0.25, 0.3) is 0 Å². The molecule has 0 amide bonds. The molecule has 1 atom stereocenters. The number of ether oxygens (including phenoxy) is 1. The van der Waals surface area contributed by atoms with Gasteiger partial charge < -0.3 is 14.9 Å². The SMILES string of the molecule is Cc1ccc(OCCO)c(C(C)O)c1. The average Bonchev–Trinajstić information content (AvgIpc) is 2.15. The predicted octanol–water partition coefficient (Wildman–Crippen LogP) is 1.42. The molecule has 14 heavy (non-hydrogen) atoms. The van der Waals surface area contributed by atoms with Crippen molar-refractivity contribution in [2.24, 2.45) is 0 Å². The van der Waals surface area contributed by atoms with E-state index < -0.39 is 6.10 Å². The highest BCUT2D eigenvalue weighted by Crippen LogP contribution is 2.25. The van der Waals surface area contributed by atoms with Gasteiger partial charge in [-0.25, -0.2) is 0 Å². The summed E-state index contributed by atoms with van der Waals surface area (Å²) in [4.78, 5) is 0. The summed E-state index contributed by atoms with van der Waals surface area (Å²) < 4.78 is 5.29. The van der Waals surface area contributed by atoms with Crippen molar-refractivity contribution in [3.8, 4) is 5.75 Å². The second-order valence-corrected chi connectivity index (χ2v) is 3.29. The molecular weight excluding hydrogens is 180 g/mol. The van der Waals surface area contributed by atoms with Gasteiger partial charge in [-0.1, -0.05) is 11.6 Å². The number of aliphatic hydroxyl groups excluding tert-OH is 2. The number of aliphatic hydroxyl groups is 2. The Morgan fingerprint density at radius 1 is 1.43 bits per heavy atom. The summed E-state index contributed by atoms with van der Waals surface area (Å²) in [5, 5.41) is 18.1. The van der Waals surface area contributed by atoms with Gasteiger partial charge in [-0.2, -0.15) is 0 Å². The lowest BCUT2D eigenvalue weighted by Gasteiger charge is -2.13. The van der Waals surface area contributed by atoms with Gasteiger partial charge in [0.15, 0.2) is 0 Å².